The van der Waals surface area contributed by atoms with Crippen LogP contribution in [-0.2, 0) is 4.74 Å². The minimum atomic E-state index is 0.251. The molecular weight excluding hydrogens is 222 g/mol. The van der Waals surface area contributed by atoms with Gasteiger partial charge in [-0.05, 0) is 43.6 Å². The van der Waals surface area contributed by atoms with Crippen molar-refractivity contribution in [1.82, 2.24) is 0 Å². The van der Waals surface area contributed by atoms with Crippen LogP contribution in [0.3, 0.4) is 0 Å². The van der Waals surface area contributed by atoms with Crippen LogP contribution in [0.5, 0.6) is 0 Å². The molecule has 1 saturated heterocycles. The summed E-state index contributed by atoms with van der Waals surface area (Å²) in [5.41, 5.74) is 7.76. The van der Waals surface area contributed by atoms with E-state index in [0.29, 0.717) is 12.0 Å². The van der Waals surface area contributed by atoms with Crippen molar-refractivity contribution in [2.45, 2.75) is 57.1 Å². The fourth-order valence-corrected chi connectivity index (χ4v) is 2.94. The number of ether oxygens (including phenoxy) is 1. The Labute approximate surface area is 111 Å². The second kappa shape index (κ2) is 6.91. The van der Waals surface area contributed by atoms with Crippen LogP contribution in [0.2, 0.25) is 0 Å². The Bertz CT molecular complexity index is 332. The van der Waals surface area contributed by atoms with Gasteiger partial charge in [0, 0.05) is 12.6 Å². The van der Waals surface area contributed by atoms with Gasteiger partial charge in [0.25, 0.3) is 0 Å². The van der Waals surface area contributed by atoms with Crippen molar-refractivity contribution in [3.63, 3.8) is 0 Å². The number of benzene rings is 1. The zero-order valence-electron chi connectivity index (χ0n) is 11.3. The van der Waals surface area contributed by atoms with Crippen LogP contribution in [0, 0.1) is 0 Å². The summed E-state index contributed by atoms with van der Waals surface area (Å²) in [4.78, 5) is 0. The zero-order valence-corrected chi connectivity index (χ0v) is 11.3. The van der Waals surface area contributed by atoms with Crippen molar-refractivity contribution < 1.29 is 4.74 Å². The summed E-state index contributed by atoms with van der Waals surface area (Å²) in [6.07, 6.45) is 6.19. The standard InChI is InChI=1S/C16H25NO/c1-2-15(13-7-4-3-5-8-13)16(17)11-10-14-9-6-12-18-14/h3-5,7-8,14-16H,2,6,9-12,17H2,1H3. The summed E-state index contributed by atoms with van der Waals surface area (Å²) in [5, 5.41) is 0. The summed E-state index contributed by atoms with van der Waals surface area (Å²) >= 11 is 0. The van der Waals surface area contributed by atoms with Gasteiger partial charge in [0.2, 0.25) is 0 Å². The van der Waals surface area contributed by atoms with Crippen molar-refractivity contribution in [2.24, 2.45) is 5.73 Å². The van der Waals surface area contributed by atoms with Crippen molar-refractivity contribution in [2.75, 3.05) is 6.61 Å². The molecule has 1 fully saturated rings. The molecule has 1 aromatic rings. The Morgan fingerprint density at radius 2 is 2.11 bits per heavy atom. The summed E-state index contributed by atoms with van der Waals surface area (Å²) in [6.45, 7) is 3.17. The molecule has 0 bridgehead atoms. The Kier molecular flexibility index (Phi) is 5.21. The van der Waals surface area contributed by atoms with Crippen LogP contribution < -0.4 is 5.73 Å². The topological polar surface area (TPSA) is 35.2 Å². The highest BCUT2D eigenvalue weighted by molar-refractivity contribution is 5.21. The van der Waals surface area contributed by atoms with Crippen LogP contribution in [0.1, 0.15) is 50.5 Å². The highest BCUT2D eigenvalue weighted by atomic mass is 16.5. The normalized spacial score (nSPS) is 22.9. The van der Waals surface area contributed by atoms with Crippen molar-refractivity contribution >= 4 is 0 Å². The first-order valence-electron chi connectivity index (χ1n) is 7.23. The zero-order chi connectivity index (χ0) is 12.8. The molecule has 0 radical (unpaired) electrons. The molecule has 3 atom stereocenters. The molecule has 0 aromatic heterocycles. The maximum absolute atomic E-state index is 6.38. The first kappa shape index (κ1) is 13.6. The van der Waals surface area contributed by atoms with E-state index >= 15 is 0 Å². The predicted molar refractivity (Wildman–Crippen MR) is 75.7 cm³/mol. The lowest BCUT2D eigenvalue weighted by molar-refractivity contribution is 0.0998. The average molecular weight is 247 g/mol. The van der Waals surface area contributed by atoms with Gasteiger partial charge in [0.1, 0.15) is 0 Å². The van der Waals surface area contributed by atoms with E-state index in [1.807, 2.05) is 0 Å². The molecule has 2 nitrogen and oxygen atoms in total. The Hall–Kier alpha value is -0.860. The van der Waals surface area contributed by atoms with E-state index in [4.69, 9.17) is 10.5 Å². The molecular formula is C16H25NO. The Morgan fingerprint density at radius 3 is 2.72 bits per heavy atom. The minimum absolute atomic E-state index is 0.251. The van der Waals surface area contributed by atoms with Crippen LogP contribution >= 0.6 is 0 Å². The maximum Gasteiger partial charge on any atom is 0.0576 e. The molecule has 2 rings (SSSR count). The highest BCUT2D eigenvalue weighted by Gasteiger charge is 2.21. The third kappa shape index (κ3) is 3.56. The van der Waals surface area contributed by atoms with Gasteiger partial charge in [0.15, 0.2) is 0 Å². The van der Waals surface area contributed by atoms with Crippen molar-refractivity contribution in [3.05, 3.63) is 35.9 Å². The number of nitrogens with two attached hydrogens (primary N) is 1. The van der Waals surface area contributed by atoms with Gasteiger partial charge in [-0.1, -0.05) is 37.3 Å². The van der Waals surface area contributed by atoms with E-state index in [-0.39, 0.29) is 6.04 Å². The van der Waals surface area contributed by atoms with Crippen molar-refractivity contribution in [1.29, 1.82) is 0 Å². The molecule has 0 aliphatic carbocycles. The molecule has 1 aromatic carbocycles. The van der Waals surface area contributed by atoms with Crippen LogP contribution in [0.25, 0.3) is 0 Å². The molecule has 3 unspecified atom stereocenters. The van der Waals surface area contributed by atoms with Gasteiger partial charge < -0.3 is 10.5 Å². The average Bonchev–Trinajstić information content (AvgIpc) is 2.92. The van der Waals surface area contributed by atoms with E-state index in [2.05, 4.69) is 37.3 Å². The van der Waals surface area contributed by atoms with Gasteiger partial charge in [-0.25, -0.2) is 0 Å². The summed E-state index contributed by atoms with van der Waals surface area (Å²) in [7, 11) is 0. The SMILES string of the molecule is CCC(c1ccccc1)C(N)CCC1CCCO1. The molecule has 1 aliphatic heterocycles. The van der Waals surface area contributed by atoms with E-state index < -0.39 is 0 Å². The fraction of sp³-hybridized carbons (Fsp3) is 0.625. The first-order chi connectivity index (χ1) is 8.81. The van der Waals surface area contributed by atoms with Crippen LogP contribution in [-0.4, -0.2) is 18.8 Å². The summed E-state index contributed by atoms with van der Waals surface area (Å²) < 4.78 is 5.67. The van der Waals surface area contributed by atoms with Crippen LogP contribution in [0.15, 0.2) is 30.3 Å². The Morgan fingerprint density at radius 1 is 1.33 bits per heavy atom. The van der Waals surface area contributed by atoms with Gasteiger partial charge in [0.05, 0.1) is 6.10 Å². The lowest BCUT2D eigenvalue weighted by atomic mass is 9.86. The molecule has 2 N–H and O–H groups in total. The van der Waals surface area contributed by atoms with Gasteiger partial charge in [-0.2, -0.15) is 0 Å². The van der Waals surface area contributed by atoms with E-state index in [1.165, 1.54) is 18.4 Å². The third-order valence-electron chi connectivity index (χ3n) is 4.03. The Balaban J connectivity index is 1.87. The minimum Gasteiger partial charge on any atom is -0.378 e. The molecule has 1 aliphatic rings. The van der Waals surface area contributed by atoms with Gasteiger partial charge in [-0.3, -0.25) is 0 Å². The summed E-state index contributed by atoms with van der Waals surface area (Å²) in [5.74, 6) is 0.479. The van der Waals surface area contributed by atoms with Gasteiger partial charge >= 0.3 is 0 Å². The summed E-state index contributed by atoms with van der Waals surface area (Å²) in [6, 6.07) is 10.9. The van der Waals surface area contributed by atoms with E-state index in [0.717, 1.165) is 25.9 Å². The third-order valence-corrected chi connectivity index (χ3v) is 4.03. The first-order valence-corrected chi connectivity index (χ1v) is 7.23. The molecule has 0 spiro atoms. The van der Waals surface area contributed by atoms with E-state index in [1.54, 1.807) is 0 Å². The molecule has 0 saturated carbocycles. The highest BCUT2D eigenvalue weighted by Crippen LogP contribution is 2.26. The molecule has 18 heavy (non-hydrogen) atoms. The second-order valence-corrected chi connectivity index (χ2v) is 5.30. The molecule has 100 valence electrons. The lowest BCUT2D eigenvalue weighted by Gasteiger charge is -2.24. The molecule has 2 heteroatoms. The monoisotopic (exact) mass is 247 g/mol. The van der Waals surface area contributed by atoms with E-state index in [9.17, 15) is 0 Å². The second-order valence-electron chi connectivity index (χ2n) is 5.30. The number of hydrogen-bond acceptors (Lipinski definition) is 2. The number of rotatable bonds is 6. The number of hydrogen-bond donors (Lipinski definition) is 1. The quantitative estimate of drug-likeness (QED) is 0.835. The predicted octanol–water partition coefficient (Wildman–Crippen LogP) is 3.47. The maximum atomic E-state index is 6.38. The van der Waals surface area contributed by atoms with Gasteiger partial charge in [-0.15, -0.1) is 0 Å². The smallest absolute Gasteiger partial charge is 0.0576 e. The molecule has 0 amide bonds. The lowest BCUT2D eigenvalue weighted by Crippen LogP contribution is -2.29. The van der Waals surface area contributed by atoms with Crippen LogP contribution in [0.4, 0.5) is 0 Å². The van der Waals surface area contributed by atoms with Crippen molar-refractivity contribution in [3.8, 4) is 0 Å². The largest absolute Gasteiger partial charge is 0.378 e. The fourth-order valence-electron chi connectivity index (χ4n) is 2.94. The molecule has 1 heterocycles.